The maximum atomic E-state index is 12.2. The number of piperazine rings is 1. The summed E-state index contributed by atoms with van der Waals surface area (Å²) in [5.74, 6) is -0.755. The highest BCUT2D eigenvalue weighted by Gasteiger charge is 2.22. The normalized spacial score (nSPS) is 14.2. The lowest BCUT2D eigenvalue weighted by Gasteiger charge is -2.26. The Balaban J connectivity index is 1.85. The Hall–Kier alpha value is -2.93. The summed E-state index contributed by atoms with van der Waals surface area (Å²) in [5.41, 5.74) is 7.13. The van der Waals surface area contributed by atoms with Crippen LogP contribution in [0.2, 0.25) is 0 Å². The lowest BCUT2D eigenvalue weighted by Crippen LogP contribution is -2.47. The highest BCUT2D eigenvalue weighted by molar-refractivity contribution is 5.97. The number of amides is 2. The highest BCUT2D eigenvalue weighted by atomic mass is 16.6. The first kappa shape index (κ1) is 15.9. The van der Waals surface area contributed by atoms with Crippen molar-refractivity contribution in [1.29, 1.82) is 0 Å². The van der Waals surface area contributed by atoms with Gasteiger partial charge in [0.05, 0.1) is 0 Å². The maximum absolute atomic E-state index is 12.2. The zero-order chi connectivity index (χ0) is 16.9. The van der Waals surface area contributed by atoms with Crippen LogP contribution in [0.1, 0.15) is 10.4 Å². The molecule has 2 amide bonds. The molecular formula is C17H18N4O3. The molecule has 24 heavy (non-hydrogen) atoms. The van der Waals surface area contributed by atoms with Gasteiger partial charge in [-0.1, -0.05) is 30.3 Å². The van der Waals surface area contributed by atoms with Crippen molar-refractivity contribution in [1.82, 2.24) is 15.2 Å². The van der Waals surface area contributed by atoms with Crippen LogP contribution in [0.5, 0.6) is 5.88 Å². The number of hydrogen-bond acceptors (Lipinski definition) is 5. The number of primary amides is 1. The van der Waals surface area contributed by atoms with E-state index in [2.05, 4.69) is 10.3 Å². The number of aromatic nitrogens is 1. The van der Waals surface area contributed by atoms with Crippen molar-refractivity contribution in [2.45, 2.75) is 0 Å². The SMILES string of the molecule is NC(=O)c1cc(-c2ccccc2)cnc1OC(=O)N1CCNCC1. The topological polar surface area (TPSA) is 97.5 Å². The predicted molar refractivity (Wildman–Crippen MR) is 88.7 cm³/mol. The molecule has 0 saturated carbocycles. The van der Waals surface area contributed by atoms with Gasteiger partial charge in [-0.15, -0.1) is 0 Å². The van der Waals surface area contributed by atoms with Crippen molar-refractivity contribution in [2.24, 2.45) is 5.73 Å². The number of nitrogens with one attached hydrogen (secondary N) is 1. The number of nitrogens with two attached hydrogens (primary N) is 1. The predicted octanol–water partition coefficient (Wildman–Crippen LogP) is 1.25. The first-order chi connectivity index (χ1) is 11.6. The van der Waals surface area contributed by atoms with Gasteiger partial charge in [-0.05, 0) is 11.6 Å². The number of carbonyl (C=O) groups excluding carboxylic acids is 2. The molecular weight excluding hydrogens is 308 g/mol. The average Bonchev–Trinajstić information content (AvgIpc) is 2.63. The van der Waals surface area contributed by atoms with Crippen LogP contribution in [-0.4, -0.2) is 48.1 Å². The van der Waals surface area contributed by atoms with Crippen molar-refractivity contribution in [3.63, 3.8) is 0 Å². The van der Waals surface area contributed by atoms with Crippen molar-refractivity contribution in [3.05, 3.63) is 48.2 Å². The summed E-state index contributed by atoms with van der Waals surface area (Å²) in [6.45, 7) is 2.51. The molecule has 0 aliphatic carbocycles. The first-order valence-electron chi connectivity index (χ1n) is 7.68. The molecule has 2 heterocycles. The second-order valence-corrected chi connectivity index (χ2v) is 5.41. The standard InChI is InChI=1S/C17H18N4O3/c18-15(22)14-10-13(12-4-2-1-3-5-12)11-20-16(14)24-17(23)21-8-6-19-7-9-21/h1-5,10-11,19H,6-9H2,(H2,18,22). The minimum absolute atomic E-state index is 0.0642. The monoisotopic (exact) mass is 326 g/mol. The molecule has 0 unspecified atom stereocenters. The van der Waals surface area contributed by atoms with Crippen LogP contribution in [0.3, 0.4) is 0 Å². The molecule has 0 atom stereocenters. The number of pyridine rings is 1. The average molecular weight is 326 g/mol. The van der Waals surface area contributed by atoms with Gasteiger partial charge < -0.3 is 20.7 Å². The minimum Gasteiger partial charge on any atom is -0.390 e. The van der Waals surface area contributed by atoms with Crippen molar-refractivity contribution < 1.29 is 14.3 Å². The molecule has 1 saturated heterocycles. The van der Waals surface area contributed by atoms with Crippen molar-refractivity contribution >= 4 is 12.0 Å². The van der Waals surface area contributed by atoms with Gasteiger partial charge in [0.15, 0.2) is 0 Å². The molecule has 3 rings (SSSR count). The number of rotatable bonds is 3. The summed E-state index contributed by atoms with van der Waals surface area (Å²) < 4.78 is 5.28. The van der Waals surface area contributed by atoms with Crippen LogP contribution >= 0.6 is 0 Å². The summed E-state index contributed by atoms with van der Waals surface area (Å²) in [6.07, 6.45) is 1.03. The molecule has 0 bridgehead atoms. The van der Waals surface area contributed by atoms with Gasteiger partial charge in [-0.3, -0.25) is 4.79 Å². The minimum atomic E-state index is -0.691. The van der Waals surface area contributed by atoms with Crippen LogP contribution in [0.25, 0.3) is 11.1 Å². The summed E-state index contributed by atoms with van der Waals surface area (Å²) in [5, 5.41) is 3.15. The third-order valence-corrected chi connectivity index (χ3v) is 3.78. The number of carbonyl (C=O) groups is 2. The zero-order valence-corrected chi connectivity index (χ0v) is 13.1. The van der Waals surface area contributed by atoms with E-state index in [1.54, 1.807) is 17.2 Å². The van der Waals surface area contributed by atoms with E-state index >= 15 is 0 Å². The van der Waals surface area contributed by atoms with Gasteiger partial charge in [0, 0.05) is 37.9 Å². The Morgan fingerprint density at radius 3 is 2.50 bits per heavy atom. The van der Waals surface area contributed by atoms with Gasteiger partial charge in [-0.2, -0.15) is 0 Å². The Morgan fingerprint density at radius 2 is 1.83 bits per heavy atom. The molecule has 1 aliphatic heterocycles. The Labute approximate surface area is 139 Å². The third kappa shape index (κ3) is 3.52. The van der Waals surface area contributed by atoms with Gasteiger partial charge >= 0.3 is 6.09 Å². The number of ether oxygens (including phenoxy) is 1. The van der Waals surface area contributed by atoms with E-state index in [1.165, 1.54) is 0 Å². The molecule has 7 nitrogen and oxygen atoms in total. The molecule has 7 heteroatoms. The summed E-state index contributed by atoms with van der Waals surface area (Å²) in [4.78, 5) is 29.6. The Morgan fingerprint density at radius 1 is 1.12 bits per heavy atom. The van der Waals surface area contributed by atoms with E-state index in [4.69, 9.17) is 10.5 Å². The Kier molecular flexibility index (Phi) is 4.72. The highest BCUT2D eigenvalue weighted by Crippen LogP contribution is 2.24. The number of benzene rings is 1. The fraction of sp³-hybridized carbons (Fsp3) is 0.235. The van der Waals surface area contributed by atoms with E-state index < -0.39 is 12.0 Å². The molecule has 1 aromatic carbocycles. The lowest BCUT2D eigenvalue weighted by atomic mass is 10.1. The smallest absolute Gasteiger partial charge is 0.390 e. The van der Waals surface area contributed by atoms with Gasteiger partial charge in [-0.25, -0.2) is 9.78 Å². The van der Waals surface area contributed by atoms with Crippen LogP contribution in [0.4, 0.5) is 4.79 Å². The van der Waals surface area contributed by atoms with E-state index in [1.807, 2.05) is 30.3 Å². The largest absolute Gasteiger partial charge is 0.416 e. The molecule has 1 aromatic heterocycles. The fourth-order valence-corrected chi connectivity index (χ4v) is 2.49. The van der Waals surface area contributed by atoms with Gasteiger partial charge in [0.2, 0.25) is 5.88 Å². The van der Waals surface area contributed by atoms with Gasteiger partial charge in [0.1, 0.15) is 5.56 Å². The number of hydrogen-bond donors (Lipinski definition) is 2. The second kappa shape index (κ2) is 7.10. The van der Waals surface area contributed by atoms with Crippen LogP contribution < -0.4 is 15.8 Å². The zero-order valence-electron chi connectivity index (χ0n) is 13.1. The summed E-state index contributed by atoms with van der Waals surface area (Å²) in [7, 11) is 0. The van der Waals surface area contributed by atoms with E-state index in [0.717, 1.165) is 11.1 Å². The first-order valence-corrected chi connectivity index (χ1v) is 7.68. The van der Waals surface area contributed by atoms with Crippen molar-refractivity contribution in [3.8, 4) is 17.0 Å². The summed E-state index contributed by atoms with van der Waals surface area (Å²) >= 11 is 0. The second-order valence-electron chi connectivity index (χ2n) is 5.41. The molecule has 1 fully saturated rings. The molecule has 124 valence electrons. The third-order valence-electron chi connectivity index (χ3n) is 3.78. The number of nitrogens with zero attached hydrogens (tertiary/aromatic N) is 2. The summed E-state index contributed by atoms with van der Waals surface area (Å²) in [6, 6.07) is 11.1. The Bertz CT molecular complexity index is 743. The fourth-order valence-electron chi connectivity index (χ4n) is 2.49. The van der Waals surface area contributed by atoms with E-state index in [9.17, 15) is 9.59 Å². The molecule has 3 N–H and O–H groups in total. The lowest BCUT2D eigenvalue weighted by molar-refractivity contribution is 0.0995. The van der Waals surface area contributed by atoms with Crippen LogP contribution in [-0.2, 0) is 0 Å². The van der Waals surface area contributed by atoms with Crippen LogP contribution in [0, 0.1) is 0 Å². The molecule has 1 aliphatic rings. The van der Waals surface area contributed by atoms with Crippen LogP contribution in [0.15, 0.2) is 42.6 Å². The van der Waals surface area contributed by atoms with Crippen molar-refractivity contribution in [2.75, 3.05) is 26.2 Å². The quantitative estimate of drug-likeness (QED) is 0.885. The maximum Gasteiger partial charge on any atom is 0.416 e. The van der Waals surface area contributed by atoms with Gasteiger partial charge in [0.25, 0.3) is 5.91 Å². The van der Waals surface area contributed by atoms with E-state index in [0.29, 0.717) is 26.2 Å². The molecule has 0 spiro atoms. The van der Waals surface area contributed by atoms with E-state index in [-0.39, 0.29) is 11.4 Å². The molecule has 2 aromatic rings. The molecule has 0 radical (unpaired) electrons.